The molecule has 1 saturated heterocycles. The maximum absolute atomic E-state index is 5.46. The Bertz CT molecular complexity index is 437. The highest BCUT2D eigenvalue weighted by Crippen LogP contribution is 2.27. The van der Waals surface area contributed by atoms with Crippen LogP contribution in [-0.2, 0) is 0 Å². The van der Waals surface area contributed by atoms with E-state index in [0.717, 1.165) is 18.8 Å². The van der Waals surface area contributed by atoms with E-state index in [4.69, 9.17) is 16.2 Å². The maximum Gasteiger partial charge on any atom is 0.185 e. The molecule has 1 unspecified atom stereocenters. The summed E-state index contributed by atoms with van der Waals surface area (Å²) in [5.41, 5.74) is 12.1. The third-order valence-electron chi connectivity index (χ3n) is 3.51. The molecule has 1 aromatic carbocycles. The van der Waals surface area contributed by atoms with Gasteiger partial charge in [0.2, 0.25) is 0 Å². The second-order valence-corrected chi connectivity index (χ2v) is 4.80. The van der Waals surface area contributed by atoms with Crippen LogP contribution in [0.1, 0.15) is 24.4 Å². The highest BCUT2D eigenvalue weighted by molar-refractivity contribution is 5.75. The third-order valence-corrected chi connectivity index (χ3v) is 3.51. The number of hydrogen-bond donors (Lipinski definition) is 2. The van der Waals surface area contributed by atoms with Crippen LogP contribution in [0.3, 0.4) is 0 Å². The van der Waals surface area contributed by atoms with Crippen molar-refractivity contribution in [2.45, 2.75) is 18.9 Å². The first-order chi connectivity index (χ1) is 9.20. The van der Waals surface area contributed by atoms with Crippen molar-refractivity contribution in [2.75, 3.05) is 26.7 Å². The van der Waals surface area contributed by atoms with Gasteiger partial charge in [-0.25, -0.2) is 0 Å². The van der Waals surface area contributed by atoms with Crippen molar-refractivity contribution in [3.8, 4) is 5.75 Å². The molecule has 104 valence electrons. The summed E-state index contributed by atoms with van der Waals surface area (Å²) in [7, 11) is 1.68. The number of methoxy groups -OCH3 is 1. The molecule has 2 rings (SSSR count). The monoisotopic (exact) mass is 262 g/mol. The van der Waals surface area contributed by atoms with Gasteiger partial charge in [0.15, 0.2) is 5.96 Å². The fourth-order valence-corrected chi connectivity index (χ4v) is 2.53. The number of guanidine groups is 1. The number of ether oxygens (including phenoxy) is 1. The van der Waals surface area contributed by atoms with Gasteiger partial charge in [-0.05, 0) is 43.6 Å². The summed E-state index contributed by atoms with van der Waals surface area (Å²) in [6, 6.07) is 8.34. The van der Waals surface area contributed by atoms with E-state index >= 15 is 0 Å². The molecule has 1 heterocycles. The van der Waals surface area contributed by atoms with E-state index < -0.39 is 0 Å². The molecular formula is C14H22N4O. The maximum atomic E-state index is 5.46. The second kappa shape index (κ2) is 6.43. The van der Waals surface area contributed by atoms with E-state index in [1.165, 1.54) is 18.4 Å². The van der Waals surface area contributed by atoms with Crippen molar-refractivity contribution in [2.24, 2.45) is 16.5 Å². The van der Waals surface area contributed by atoms with Gasteiger partial charge in [-0.2, -0.15) is 0 Å². The van der Waals surface area contributed by atoms with Crippen LogP contribution >= 0.6 is 0 Å². The van der Waals surface area contributed by atoms with Gasteiger partial charge in [0.25, 0.3) is 0 Å². The van der Waals surface area contributed by atoms with Crippen LogP contribution in [0.25, 0.3) is 0 Å². The molecular weight excluding hydrogens is 240 g/mol. The average molecular weight is 262 g/mol. The van der Waals surface area contributed by atoms with E-state index in [-0.39, 0.29) is 12.0 Å². The van der Waals surface area contributed by atoms with Crippen LogP contribution in [0, 0.1) is 0 Å². The van der Waals surface area contributed by atoms with Crippen molar-refractivity contribution in [1.29, 1.82) is 0 Å². The summed E-state index contributed by atoms with van der Waals surface area (Å²) in [4.78, 5) is 6.62. The average Bonchev–Trinajstić information content (AvgIpc) is 2.93. The van der Waals surface area contributed by atoms with Gasteiger partial charge in [0.05, 0.1) is 19.7 Å². The molecule has 0 aliphatic carbocycles. The molecule has 5 heteroatoms. The summed E-state index contributed by atoms with van der Waals surface area (Å²) >= 11 is 0. The Balaban J connectivity index is 2.21. The molecule has 4 N–H and O–H groups in total. The Morgan fingerprint density at radius 1 is 1.37 bits per heavy atom. The highest BCUT2D eigenvalue weighted by atomic mass is 16.5. The molecule has 1 aliphatic heterocycles. The van der Waals surface area contributed by atoms with E-state index in [0.29, 0.717) is 6.54 Å². The second-order valence-electron chi connectivity index (χ2n) is 4.80. The van der Waals surface area contributed by atoms with E-state index in [9.17, 15) is 0 Å². The van der Waals surface area contributed by atoms with Crippen molar-refractivity contribution >= 4 is 5.96 Å². The topological polar surface area (TPSA) is 76.9 Å². The van der Waals surface area contributed by atoms with Gasteiger partial charge in [-0.1, -0.05) is 12.1 Å². The quantitative estimate of drug-likeness (QED) is 0.615. The molecule has 0 bridgehead atoms. The molecule has 0 radical (unpaired) electrons. The largest absolute Gasteiger partial charge is 0.497 e. The number of benzene rings is 1. The lowest BCUT2D eigenvalue weighted by atomic mass is 10.1. The van der Waals surface area contributed by atoms with Crippen molar-refractivity contribution < 1.29 is 4.74 Å². The summed E-state index contributed by atoms with van der Waals surface area (Å²) in [5.74, 6) is 1.01. The van der Waals surface area contributed by atoms with Gasteiger partial charge in [-0.15, -0.1) is 0 Å². The zero-order valence-electron chi connectivity index (χ0n) is 11.4. The Morgan fingerprint density at radius 3 is 2.74 bits per heavy atom. The van der Waals surface area contributed by atoms with Crippen LogP contribution < -0.4 is 16.2 Å². The molecule has 0 saturated carbocycles. The lowest BCUT2D eigenvalue weighted by molar-refractivity contribution is 0.251. The van der Waals surface area contributed by atoms with Crippen LogP contribution in [0.5, 0.6) is 5.75 Å². The predicted molar refractivity (Wildman–Crippen MR) is 77.2 cm³/mol. The van der Waals surface area contributed by atoms with Gasteiger partial charge in [0.1, 0.15) is 5.75 Å². The molecule has 1 aliphatic rings. The predicted octanol–water partition coefficient (Wildman–Crippen LogP) is 1.11. The number of nitrogens with zero attached hydrogens (tertiary/aromatic N) is 2. The Hall–Kier alpha value is -1.75. The summed E-state index contributed by atoms with van der Waals surface area (Å²) in [5, 5.41) is 0. The molecule has 0 amide bonds. The normalized spacial score (nSPS) is 17.1. The van der Waals surface area contributed by atoms with Crippen molar-refractivity contribution in [1.82, 2.24) is 4.90 Å². The minimum atomic E-state index is 0.145. The smallest absolute Gasteiger partial charge is 0.185 e. The minimum absolute atomic E-state index is 0.145. The lowest BCUT2D eigenvalue weighted by Gasteiger charge is -2.26. The number of hydrogen-bond acceptors (Lipinski definition) is 3. The molecule has 0 spiro atoms. The SMILES string of the molecule is COc1cccc(C(CN=C(N)N)N2CCCC2)c1. The molecule has 1 fully saturated rings. The fourth-order valence-electron chi connectivity index (χ4n) is 2.53. The first-order valence-electron chi connectivity index (χ1n) is 6.64. The zero-order chi connectivity index (χ0) is 13.7. The van der Waals surface area contributed by atoms with Gasteiger partial charge in [-0.3, -0.25) is 9.89 Å². The van der Waals surface area contributed by atoms with Gasteiger partial charge >= 0.3 is 0 Å². The summed E-state index contributed by atoms with van der Waals surface area (Å²) < 4.78 is 5.29. The molecule has 19 heavy (non-hydrogen) atoms. The Kier molecular flexibility index (Phi) is 4.63. The van der Waals surface area contributed by atoms with Crippen LogP contribution in [0.15, 0.2) is 29.3 Å². The summed E-state index contributed by atoms with van der Waals surface area (Å²) in [6.45, 7) is 2.79. The van der Waals surface area contributed by atoms with Gasteiger partial charge < -0.3 is 16.2 Å². The standard InChI is InChI=1S/C14H22N4O/c1-19-12-6-4-5-11(9-12)13(10-17-14(15)16)18-7-2-3-8-18/h4-6,9,13H,2-3,7-8,10H2,1H3,(H4,15,16,17). The number of nitrogens with two attached hydrogens (primary N) is 2. The molecule has 1 aromatic rings. The Labute approximate surface area is 114 Å². The summed E-state index contributed by atoms with van der Waals surface area (Å²) in [6.07, 6.45) is 2.48. The van der Waals surface area contributed by atoms with Crippen LogP contribution in [-0.4, -0.2) is 37.6 Å². The van der Waals surface area contributed by atoms with Crippen LogP contribution in [0.2, 0.25) is 0 Å². The lowest BCUT2D eigenvalue weighted by Crippen LogP contribution is -2.30. The number of aliphatic imine (C=N–C) groups is 1. The molecule has 1 atom stereocenters. The highest BCUT2D eigenvalue weighted by Gasteiger charge is 2.23. The zero-order valence-corrected chi connectivity index (χ0v) is 11.4. The van der Waals surface area contributed by atoms with Crippen molar-refractivity contribution in [3.05, 3.63) is 29.8 Å². The van der Waals surface area contributed by atoms with E-state index in [1.807, 2.05) is 12.1 Å². The Morgan fingerprint density at radius 2 is 2.11 bits per heavy atom. The minimum Gasteiger partial charge on any atom is -0.497 e. The first kappa shape index (κ1) is 13.7. The van der Waals surface area contributed by atoms with Crippen LogP contribution in [0.4, 0.5) is 0 Å². The molecule has 0 aromatic heterocycles. The van der Waals surface area contributed by atoms with E-state index in [1.54, 1.807) is 7.11 Å². The molecule has 5 nitrogen and oxygen atoms in total. The third kappa shape index (κ3) is 3.61. The number of rotatable bonds is 5. The number of likely N-dealkylation sites (tertiary alicyclic amines) is 1. The van der Waals surface area contributed by atoms with Gasteiger partial charge in [0, 0.05) is 0 Å². The first-order valence-corrected chi connectivity index (χ1v) is 6.64. The fraction of sp³-hybridized carbons (Fsp3) is 0.500. The van der Waals surface area contributed by atoms with E-state index in [2.05, 4.69) is 22.0 Å². The van der Waals surface area contributed by atoms with Crippen molar-refractivity contribution in [3.63, 3.8) is 0 Å².